The molecule has 0 unspecified atom stereocenters. The van der Waals surface area contributed by atoms with E-state index in [9.17, 15) is 4.79 Å². The molecule has 2 aromatic carbocycles. The second-order valence-corrected chi connectivity index (χ2v) is 7.19. The fraction of sp³-hybridized carbons (Fsp3) is 0.250. The number of hydrazone groups is 1. The van der Waals surface area contributed by atoms with E-state index in [1.807, 2.05) is 45.0 Å². The number of para-hydroxylation sites is 1. The zero-order valence-electron chi connectivity index (χ0n) is 15.6. The number of hydrogen-bond acceptors (Lipinski definition) is 6. The summed E-state index contributed by atoms with van der Waals surface area (Å²) in [6, 6.07) is 12.9. The number of nitrogens with zero attached hydrogens (tertiary/aromatic N) is 2. The lowest BCUT2D eigenvalue weighted by atomic mass is 10.2. The van der Waals surface area contributed by atoms with Crippen molar-refractivity contribution in [1.29, 1.82) is 0 Å². The zero-order valence-corrected chi connectivity index (χ0v) is 16.5. The number of methoxy groups -OCH3 is 1. The lowest BCUT2D eigenvalue weighted by molar-refractivity contribution is 0.0954. The Morgan fingerprint density at radius 2 is 1.96 bits per heavy atom. The Morgan fingerprint density at radius 1 is 1.19 bits per heavy atom. The zero-order chi connectivity index (χ0) is 19.4. The average Bonchev–Trinajstić information content (AvgIpc) is 3.10. The Kier molecular flexibility index (Phi) is 5.71. The topological polar surface area (TPSA) is 72.8 Å². The Balaban J connectivity index is 1.75. The number of fused-ring (bicyclic) bond motifs is 1. The highest BCUT2D eigenvalue weighted by Crippen LogP contribution is 2.29. The van der Waals surface area contributed by atoms with Gasteiger partial charge in [-0.15, -0.1) is 11.3 Å². The molecule has 7 heteroatoms. The Hall–Kier alpha value is -2.93. The van der Waals surface area contributed by atoms with E-state index in [4.69, 9.17) is 9.47 Å². The van der Waals surface area contributed by atoms with Gasteiger partial charge in [0.25, 0.3) is 5.91 Å². The van der Waals surface area contributed by atoms with Gasteiger partial charge in [-0.2, -0.15) is 5.10 Å². The molecule has 0 saturated heterocycles. The number of thiazole rings is 1. The van der Waals surface area contributed by atoms with Crippen LogP contribution in [0.4, 0.5) is 0 Å². The molecule has 0 radical (unpaired) electrons. The van der Waals surface area contributed by atoms with Gasteiger partial charge >= 0.3 is 0 Å². The van der Waals surface area contributed by atoms with E-state index in [0.29, 0.717) is 22.8 Å². The van der Waals surface area contributed by atoms with Crippen LogP contribution in [-0.2, 0) is 0 Å². The first-order valence-corrected chi connectivity index (χ1v) is 9.35. The third-order valence-corrected chi connectivity index (χ3v) is 4.86. The molecule has 1 N–H and O–H groups in total. The summed E-state index contributed by atoms with van der Waals surface area (Å²) in [4.78, 5) is 17.0. The molecule has 0 saturated carbocycles. The van der Waals surface area contributed by atoms with Crippen LogP contribution in [0.15, 0.2) is 47.6 Å². The molecule has 0 aliphatic rings. The second-order valence-electron chi connectivity index (χ2n) is 6.16. The summed E-state index contributed by atoms with van der Waals surface area (Å²) < 4.78 is 12.1. The smallest absolute Gasteiger partial charge is 0.271 e. The lowest BCUT2D eigenvalue weighted by Crippen LogP contribution is -2.19. The number of rotatable bonds is 6. The van der Waals surface area contributed by atoms with Crippen LogP contribution in [0.1, 0.15) is 36.1 Å². The third kappa shape index (κ3) is 4.43. The minimum Gasteiger partial charge on any atom is -0.493 e. The van der Waals surface area contributed by atoms with Gasteiger partial charge in [0.05, 0.1) is 29.1 Å². The first-order chi connectivity index (χ1) is 13.0. The van der Waals surface area contributed by atoms with E-state index < -0.39 is 0 Å². The largest absolute Gasteiger partial charge is 0.493 e. The summed E-state index contributed by atoms with van der Waals surface area (Å²) in [5.74, 6) is 0.770. The SMILES string of the molecule is COc1cc(C(=O)N/N=C(/C)c2nc3ccccc3s2)ccc1OC(C)C. The maximum absolute atomic E-state index is 12.4. The van der Waals surface area contributed by atoms with Gasteiger partial charge in [-0.1, -0.05) is 12.1 Å². The van der Waals surface area contributed by atoms with E-state index in [2.05, 4.69) is 15.5 Å². The summed E-state index contributed by atoms with van der Waals surface area (Å²) in [5.41, 5.74) is 4.58. The minimum absolute atomic E-state index is 0.0136. The van der Waals surface area contributed by atoms with Gasteiger partial charge in [0, 0.05) is 5.56 Å². The number of hydrogen-bond donors (Lipinski definition) is 1. The predicted octanol–water partition coefficient (Wildman–Crippen LogP) is 4.25. The van der Waals surface area contributed by atoms with Gasteiger partial charge < -0.3 is 9.47 Å². The molecule has 1 aromatic heterocycles. The van der Waals surface area contributed by atoms with Gasteiger partial charge in [-0.25, -0.2) is 10.4 Å². The summed E-state index contributed by atoms with van der Waals surface area (Å²) in [7, 11) is 1.54. The van der Waals surface area contributed by atoms with Gasteiger partial charge in [-0.3, -0.25) is 4.79 Å². The second kappa shape index (κ2) is 8.18. The van der Waals surface area contributed by atoms with Crippen molar-refractivity contribution in [1.82, 2.24) is 10.4 Å². The molecule has 0 bridgehead atoms. The van der Waals surface area contributed by atoms with Crippen LogP contribution in [-0.4, -0.2) is 29.8 Å². The van der Waals surface area contributed by atoms with Crippen LogP contribution >= 0.6 is 11.3 Å². The summed E-state index contributed by atoms with van der Waals surface area (Å²) in [6.45, 7) is 5.68. The van der Waals surface area contributed by atoms with E-state index >= 15 is 0 Å². The highest BCUT2D eigenvalue weighted by molar-refractivity contribution is 7.20. The van der Waals surface area contributed by atoms with Gasteiger partial charge in [-0.05, 0) is 51.1 Å². The Labute approximate surface area is 161 Å². The maximum Gasteiger partial charge on any atom is 0.271 e. The lowest BCUT2D eigenvalue weighted by Gasteiger charge is -2.14. The predicted molar refractivity (Wildman–Crippen MR) is 108 cm³/mol. The first-order valence-electron chi connectivity index (χ1n) is 8.53. The van der Waals surface area contributed by atoms with Gasteiger partial charge in [0.1, 0.15) is 5.01 Å². The van der Waals surface area contributed by atoms with Crippen LogP contribution in [0.25, 0.3) is 10.2 Å². The van der Waals surface area contributed by atoms with Crippen molar-refractivity contribution in [3.63, 3.8) is 0 Å². The fourth-order valence-corrected chi connectivity index (χ4v) is 3.34. The molecule has 27 heavy (non-hydrogen) atoms. The molecule has 0 spiro atoms. The molecule has 0 aliphatic heterocycles. The quantitative estimate of drug-likeness (QED) is 0.510. The number of ether oxygens (including phenoxy) is 2. The van der Waals surface area contributed by atoms with E-state index in [-0.39, 0.29) is 12.0 Å². The van der Waals surface area contributed by atoms with Crippen molar-refractivity contribution < 1.29 is 14.3 Å². The van der Waals surface area contributed by atoms with Crippen molar-refractivity contribution in [2.75, 3.05) is 7.11 Å². The number of aromatic nitrogens is 1. The molecule has 6 nitrogen and oxygen atoms in total. The third-order valence-electron chi connectivity index (χ3n) is 3.72. The normalized spacial score (nSPS) is 11.7. The molecular weight excluding hydrogens is 362 g/mol. The standard InChI is InChI=1S/C20H21N3O3S/c1-12(2)26-16-10-9-14(11-17(16)25-4)19(24)23-22-13(3)20-21-15-7-5-6-8-18(15)27-20/h5-12H,1-4H3,(H,23,24)/b22-13-. The molecular formula is C20H21N3O3S. The Bertz CT molecular complexity index is 962. The fourth-order valence-electron chi connectivity index (χ4n) is 2.43. The first kappa shape index (κ1) is 18.8. The van der Waals surface area contributed by atoms with E-state index in [1.54, 1.807) is 25.3 Å². The minimum atomic E-state index is -0.329. The number of nitrogens with one attached hydrogen (secondary N) is 1. The number of benzene rings is 2. The number of carbonyl (C=O) groups excluding carboxylic acids is 1. The molecule has 0 fully saturated rings. The number of carbonyl (C=O) groups is 1. The van der Waals surface area contributed by atoms with Crippen LogP contribution in [0.2, 0.25) is 0 Å². The Morgan fingerprint density at radius 3 is 2.67 bits per heavy atom. The van der Waals surface area contributed by atoms with E-state index in [1.165, 1.54) is 11.3 Å². The molecule has 0 aliphatic carbocycles. The van der Waals surface area contributed by atoms with E-state index in [0.717, 1.165) is 15.2 Å². The van der Waals surface area contributed by atoms with Crippen LogP contribution in [0.5, 0.6) is 11.5 Å². The summed E-state index contributed by atoms with van der Waals surface area (Å²) >= 11 is 1.54. The van der Waals surface area contributed by atoms with Gasteiger partial charge in [0.2, 0.25) is 0 Å². The summed E-state index contributed by atoms with van der Waals surface area (Å²) in [5, 5.41) is 4.96. The summed E-state index contributed by atoms with van der Waals surface area (Å²) in [6.07, 6.45) is 0.0136. The van der Waals surface area contributed by atoms with Crippen molar-refractivity contribution in [3.8, 4) is 11.5 Å². The molecule has 3 aromatic rings. The average molecular weight is 383 g/mol. The van der Waals surface area contributed by atoms with Crippen molar-refractivity contribution in [2.45, 2.75) is 26.9 Å². The highest BCUT2D eigenvalue weighted by Gasteiger charge is 2.13. The van der Waals surface area contributed by atoms with Crippen molar-refractivity contribution >= 4 is 33.2 Å². The van der Waals surface area contributed by atoms with Crippen molar-refractivity contribution in [2.24, 2.45) is 5.10 Å². The maximum atomic E-state index is 12.4. The molecule has 1 amide bonds. The van der Waals surface area contributed by atoms with Crippen LogP contribution in [0.3, 0.4) is 0 Å². The van der Waals surface area contributed by atoms with Crippen LogP contribution in [0, 0.1) is 0 Å². The highest BCUT2D eigenvalue weighted by atomic mass is 32.1. The van der Waals surface area contributed by atoms with Crippen LogP contribution < -0.4 is 14.9 Å². The monoisotopic (exact) mass is 383 g/mol. The van der Waals surface area contributed by atoms with Gasteiger partial charge in [0.15, 0.2) is 11.5 Å². The number of amides is 1. The molecule has 3 rings (SSSR count). The molecule has 1 heterocycles. The molecule has 0 atom stereocenters. The van der Waals surface area contributed by atoms with Crippen molar-refractivity contribution in [3.05, 3.63) is 53.0 Å². The molecule has 140 valence electrons.